The lowest BCUT2D eigenvalue weighted by Crippen LogP contribution is -2.32. The Hall–Kier alpha value is -1.36. The molecule has 2 aliphatic rings. The number of anilines is 1. The van der Waals surface area contributed by atoms with Gasteiger partial charge in [0, 0.05) is 24.5 Å². The molecule has 0 unspecified atom stereocenters. The lowest BCUT2D eigenvalue weighted by molar-refractivity contribution is 0.126. The van der Waals surface area contributed by atoms with E-state index >= 15 is 0 Å². The molecule has 1 aromatic rings. The van der Waals surface area contributed by atoms with Crippen LogP contribution in [-0.2, 0) is 0 Å². The van der Waals surface area contributed by atoms with Gasteiger partial charge in [-0.05, 0) is 38.5 Å². The number of aliphatic hydroxyl groups excluding tert-OH is 1. The maximum Gasteiger partial charge on any atom is 0.293 e. The van der Waals surface area contributed by atoms with Gasteiger partial charge in [0.1, 0.15) is 0 Å². The largest absolute Gasteiger partial charge is 0.393 e. The number of aromatic nitrogens is 2. The lowest BCUT2D eigenvalue weighted by atomic mass is 9.93. The Bertz CT molecular complexity index is 473. The second-order valence-electron chi connectivity index (χ2n) is 5.37. The lowest BCUT2D eigenvalue weighted by Gasteiger charge is -2.26. The summed E-state index contributed by atoms with van der Waals surface area (Å²) in [4.78, 5) is 16.3. The second kappa shape index (κ2) is 4.72. The van der Waals surface area contributed by atoms with E-state index in [0.717, 1.165) is 38.5 Å². The van der Waals surface area contributed by atoms with Crippen LogP contribution in [-0.4, -0.2) is 26.8 Å². The molecule has 0 spiro atoms. The molecule has 1 aromatic heterocycles. The minimum Gasteiger partial charge on any atom is -0.393 e. The van der Waals surface area contributed by atoms with Gasteiger partial charge in [-0.25, -0.2) is 4.98 Å². The van der Waals surface area contributed by atoms with E-state index in [-0.39, 0.29) is 17.7 Å². The summed E-state index contributed by atoms with van der Waals surface area (Å²) in [5, 5.41) is 12.7. The number of nitrogens with zero attached hydrogens (tertiary/aromatic N) is 2. The van der Waals surface area contributed by atoms with Crippen LogP contribution in [0.2, 0.25) is 0 Å². The number of rotatable bonds is 3. The zero-order chi connectivity index (χ0) is 12.5. The minimum atomic E-state index is -0.171. The fourth-order valence-corrected chi connectivity index (χ4v) is 2.58. The Morgan fingerprint density at radius 3 is 2.61 bits per heavy atom. The molecule has 2 aliphatic carbocycles. The Morgan fingerprint density at radius 2 is 1.94 bits per heavy atom. The van der Waals surface area contributed by atoms with Gasteiger partial charge in [-0.3, -0.25) is 4.79 Å². The highest BCUT2D eigenvalue weighted by Gasteiger charge is 2.26. The van der Waals surface area contributed by atoms with Gasteiger partial charge in [0.15, 0.2) is 5.82 Å². The molecule has 0 aromatic carbocycles. The molecule has 2 saturated carbocycles. The molecule has 2 fully saturated rings. The first kappa shape index (κ1) is 11.7. The van der Waals surface area contributed by atoms with Crippen molar-refractivity contribution < 1.29 is 5.11 Å². The van der Waals surface area contributed by atoms with E-state index in [1.165, 1.54) is 0 Å². The van der Waals surface area contributed by atoms with Crippen molar-refractivity contribution in [2.45, 2.75) is 56.7 Å². The van der Waals surface area contributed by atoms with E-state index in [9.17, 15) is 9.90 Å². The maximum absolute atomic E-state index is 12.2. The van der Waals surface area contributed by atoms with Crippen LogP contribution in [0.4, 0.5) is 5.82 Å². The number of hydrogen-bond acceptors (Lipinski definition) is 4. The third kappa shape index (κ3) is 2.41. The smallest absolute Gasteiger partial charge is 0.293 e. The molecule has 0 saturated heterocycles. The van der Waals surface area contributed by atoms with E-state index in [0.29, 0.717) is 11.9 Å². The van der Waals surface area contributed by atoms with Crippen molar-refractivity contribution >= 4 is 5.82 Å². The summed E-state index contributed by atoms with van der Waals surface area (Å²) in [5.41, 5.74) is -0.00822. The average Bonchev–Trinajstić information content (AvgIpc) is 3.19. The zero-order valence-electron chi connectivity index (χ0n) is 10.4. The monoisotopic (exact) mass is 249 g/mol. The molecule has 0 bridgehead atoms. The molecule has 5 heteroatoms. The van der Waals surface area contributed by atoms with Crippen molar-refractivity contribution in [3.8, 4) is 0 Å². The molecular weight excluding hydrogens is 230 g/mol. The molecule has 0 amide bonds. The predicted octanol–water partition coefficient (Wildman–Crippen LogP) is 1.29. The molecule has 2 N–H and O–H groups in total. The van der Waals surface area contributed by atoms with Gasteiger partial charge in [0.2, 0.25) is 0 Å². The highest BCUT2D eigenvalue weighted by Crippen LogP contribution is 2.33. The number of aliphatic hydroxyl groups is 1. The van der Waals surface area contributed by atoms with Crippen LogP contribution in [0.1, 0.15) is 44.6 Å². The first-order chi connectivity index (χ1) is 8.74. The van der Waals surface area contributed by atoms with Crippen molar-refractivity contribution in [2.24, 2.45) is 0 Å². The van der Waals surface area contributed by atoms with Crippen molar-refractivity contribution in [2.75, 3.05) is 5.32 Å². The molecule has 3 rings (SSSR count). The van der Waals surface area contributed by atoms with Crippen molar-refractivity contribution in [1.29, 1.82) is 0 Å². The minimum absolute atomic E-state index is 0.00822. The van der Waals surface area contributed by atoms with Crippen LogP contribution in [0.5, 0.6) is 0 Å². The highest BCUT2D eigenvalue weighted by molar-refractivity contribution is 5.32. The third-order valence-electron chi connectivity index (χ3n) is 3.85. The molecule has 5 nitrogen and oxygen atoms in total. The van der Waals surface area contributed by atoms with Gasteiger partial charge in [0.05, 0.1) is 6.10 Å². The highest BCUT2D eigenvalue weighted by atomic mass is 16.3. The van der Waals surface area contributed by atoms with Gasteiger partial charge in [-0.1, -0.05) is 0 Å². The normalized spacial score (nSPS) is 28.1. The molecular formula is C13H19N3O2. The van der Waals surface area contributed by atoms with Crippen LogP contribution in [0.15, 0.2) is 17.2 Å². The van der Waals surface area contributed by atoms with Crippen LogP contribution in [0.25, 0.3) is 0 Å². The molecule has 0 aliphatic heterocycles. The average molecular weight is 249 g/mol. The first-order valence-electron chi connectivity index (χ1n) is 6.76. The van der Waals surface area contributed by atoms with Gasteiger partial charge >= 0.3 is 0 Å². The van der Waals surface area contributed by atoms with E-state index in [1.54, 1.807) is 17.0 Å². The fraction of sp³-hybridized carbons (Fsp3) is 0.692. The van der Waals surface area contributed by atoms with Crippen LogP contribution in [0, 0.1) is 0 Å². The van der Waals surface area contributed by atoms with Gasteiger partial charge in [-0.2, -0.15) is 0 Å². The van der Waals surface area contributed by atoms with Crippen LogP contribution < -0.4 is 10.9 Å². The number of hydrogen-bond donors (Lipinski definition) is 2. The topological polar surface area (TPSA) is 67.2 Å². The molecule has 0 atom stereocenters. The quantitative estimate of drug-likeness (QED) is 0.847. The molecule has 18 heavy (non-hydrogen) atoms. The van der Waals surface area contributed by atoms with E-state index in [1.807, 2.05) is 0 Å². The van der Waals surface area contributed by atoms with Gasteiger partial charge in [-0.15, -0.1) is 0 Å². The summed E-state index contributed by atoms with van der Waals surface area (Å²) >= 11 is 0. The van der Waals surface area contributed by atoms with Crippen molar-refractivity contribution in [1.82, 2.24) is 9.55 Å². The summed E-state index contributed by atoms with van der Waals surface area (Å²) in [6.07, 6.45) is 8.91. The Morgan fingerprint density at radius 1 is 1.22 bits per heavy atom. The maximum atomic E-state index is 12.2. The van der Waals surface area contributed by atoms with Gasteiger partial charge in [0.25, 0.3) is 5.56 Å². The predicted molar refractivity (Wildman–Crippen MR) is 68.7 cm³/mol. The third-order valence-corrected chi connectivity index (χ3v) is 3.85. The summed E-state index contributed by atoms with van der Waals surface area (Å²) in [6, 6.07) is 0.651. The van der Waals surface area contributed by atoms with Crippen LogP contribution in [0.3, 0.4) is 0 Å². The first-order valence-corrected chi connectivity index (χ1v) is 6.76. The zero-order valence-corrected chi connectivity index (χ0v) is 10.4. The summed E-state index contributed by atoms with van der Waals surface area (Å²) in [7, 11) is 0. The second-order valence-corrected chi connectivity index (χ2v) is 5.37. The number of nitrogens with one attached hydrogen (secondary N) is 1. The van der Waals surface area contributed by atoms with E-state index in [4.69, 9.17) is 0 Å². The van der Waals surface area contributed by atoms with E-state index < -0.39 is 0 Å². The summed E-state index contributed by atoms with van der Waals surface area (Å²) < 4.78 is 1.78. The Kier molecular flexibility index (Phi) is 3.07. The van der Waals surface area contributed by atoms with Crippen LogP contribution >= 0.6 is 0 Å². The Balaban J connectivity index is 1.72. The molecule has 0 radical (unpaired) electrons. The van der Waals surface area contributed by atoms with E-state index in [2.05, 4.69) is 10.3 Å². The summed E-state index contributed by atoms with van der Waals surface area (Å²) in [5.74, 6) is 0.464. The molecule has 1 heterocycles. The summed E-state index contributed by atoms with van der Waals surface area (Å²) in [6.45, 7) is 0. The fourth-order valence-electron chi connectivity index (χ4n) is 2.58. The van der Waals surface area contributed by atoms with Crippen molar-refractivity contribution in [3.63, 3.8) is 0 Å². The van der Waals surface area contributed by atoms with Gasteiger partial charge < -0.3 is 15.0 Å². The SMILES string of the molecule is O=c1c(NC2CCC(O)CC2)nccn1C1CC1. The van der Waals surface area contributed by atoms with Crippen molar-refractivity contribution in [3.05, 3.63) is 22.7 Å². The molecule has 98 valence electrons. The standard InChI is InChI=1S/C13H19N3O2/c17-11-5-1-9(2-6-11)15-12-13(18)16(8-7-14-12)10-3-4-10/h7-11,17H,1-6H2,(H,14,15). The Labute approximate surface area is 106 Å².